The predicted molar refractivity (Wildman–Crippen MR) is 67.5 cm³/mol. The van der Waals surface area contributed by atoms with Crippen LogP contribution in [-0.4, -0.2) is 27.5 Å². The molecule has 18 heavy (non-hydrogen) atoms. The second kappa shape index (κ2) is 4.68. The number of aromatic nitrogens is 1. The van der Waals surface area contributed by atoms with Crippen molar-refractivity contribution in [3.8, 4) is 0 Å². The van der Waals surface area contributed by atoms with Crippen molar-refractivity contribution in [2.75, 3.05) is 0 Å². The molecule has 1 aliphatic rings. The Morgan fingerprint density at radius 1 is 1.61 bits per heavy atom. The Morgan fingerprint density at radius 2 is 2.28 bits per heavy atom. The van der Waals surface area contributed by atoms with E-state index < -0.39 is 11.5 Å². The molecule has 1 heterocycles. The summed E-state index contributed by atoms with van der Waals surface area (Å²) in [5.41, 5.74) is -0.444. The molecule has 0 aromatic carbocycles. The number of nitrogens with one attached hydrogen (secondary N) is 1. The van der Waals surface area contributed by atoms with Crippen LogP contribution >= 0.6 is 11.3 Å². The molecule has 2 N–H and O–H groups in total. The van der Waals surface area contributed by atoms with Gasteiger partial charge in [0.25, 0.3) is 0 Å². The van der Waals surface area contributed by atoms with Crippen LogP contribution in [0.15, 0.2) is 5.38 Å². The molecule has 6 heteroatoms. The first kappa shape index (κ1) is 13.0. The lowest BCUT2D eigenvalue weighted by Gasteiger charge is -2.25. The molecule has 0 radical (unpaired) electrons. The lowest BCUT2D eigenvalue weighted by Crippen LogP contribution is -2.54. The molecule has 1 aliphatic carbocycles. The van der Waals surface area contributed by atoms with Gasteiger partial charge < -0.3 is 10.4 Å². The van der Waals surface area contributed by atoms with E-state index in [0.29, 0.717) is 5.69 Å². The van der Waals surface area contributed by atoms with E-state index in [-0.39, 0.29) is 18.2 Å². The number of amides is 1. The van der Waals surface area contributed by atoms with E-state index in [4.69, 9.17) is 0 Å². The van der Waals surface area contributed by atoms with Crippen molar-refractivity contribution in [2.45, 2.75) is 38.6 Å². The minimum absolute atomic E-state index is 0.0520. The molecule has 98 valence electrons. The van der Waals surface area contributed by atoms with Crippen molar-refractivity contribution < 1.29 is 14.7 Å². The summed E-state index contributed by atoms with van der Waals surface area (Å²) in [7, 11) is 0. The van der Waals surface area contributed by atoms with E-state index in [1.165, 1.54) is 11.3 Å². The first-order valence-electron chi connectivity index (χ1n) is 5.87. The van der Waals surface area contributed by atoms with Gasteiger partial charge in [-0.05, 0) is 32.6 Å². The zero-order valence-corrected chi connectivity index (χ0v) is 11.2. The van der Waals surface area contributed by atoms with Crippen molar-refractivity contribution in [1.82, 2.24) is 10.3 Å². The summed E-state index contributed by atoms with van der Waals surface area (Å²) in [6, 6.07) is 0. The summed E-state index contributed by atoms with van der Waals surface area (Å²) >= 11 is 1.48. The van der Waals surface area contributed by atoms with E-state index >= 15 is 0 Å². The molecular weight excluding hydrogens is 252 g/mol. The summed E-state index contributed by atoms with van der Waals surface area (Å²) < 4.78 is 0. The summed E-state index contributed by atoms with van der Waals surface area (Å²) in [6.45, 7) is 3.45. The van der Waals surface area contributed by atoms with Crippen LogP contribution in [0.3, 0.4) is 0 Å². The number of carbonyl (C=O) groups excluding carboxylic acids is 1. The first-order chi connectivity index (χ1) is 8.41. The highest BCUT2D eigenvalue weighted by atomic mass is 32.1. The largest absolute Gasteiger partial charge is 0.480 e. The maximum atomic E-state index is 11.9. The van der Waals surface area contributed by atoms with Gasteiger partial charge in [0, 0.05) is 5.38 Å². The fraction of sp³-hybridized carbons (Fsp3) is 0.583. The Labute approximate surface area is 109 Å². The topological polar surface area (TPSA) is 79.3 Å². The van der Waals surface area contributed by atoms with Crippen molar-refractivity contribution in [3.63, 3.8) is 0 Å². The quantitative estimate of drug-likeness (QED) is 0.845. The van der Waals surface area contributed by atoms with E-state index in [1.54, 1.807) is 6.92 Å². The van der Waals surface area contributed by atoms with Gasteiger partial charge in [-0.1, -0.05) is 0 Å². The molecule has 0 aliphatic heterocycles. The van der Waals surface area contributed by atoms with E-state index in [0.717, 1.165) is 17.8 Å². The summed E-state index contributed by atoms with van der Waals surface area (Å²) in [5.74, 6) is -1.19. The molecule has 0 spiro atoms. The van der Waals surface area contributed by atoms with Gasteiger partial charge >= 0.3 is 5.97 Å². The highest BCUT2D eigenvalue weighted by Crippen LogP contribution is 2.39. The zero-order chi connectivity index (χ0) is 13.3. The molecular formula is C12H16N2O3S. The third-order valence-electron chi connectivity index (χ3n) is 3.25. The SMILES string of the molecule is Cc1nc(CC(=O)NC(C)(C(=O)O)C2CC2)cs1. The van der Waals surface area contributed by atoms with Crippen molar-refractivity contribution in [1.29, 1.82) is 0 Å². The lowest BCUT2D eigenvalue weighted by molar-refractivity contribution is -0.147. The molecule has 1 aromatic heterocycles. The van der Waals surface area contributed by atoms with Crippen LogP contribution < -0.4 is 5.32 Å². The van der Waals surface area contributed by atoms with Gasteiger partial charge in [0.2, 0.25) is 5.91 Å². The number of hydrogen-bond donors (Lipinski definition) is 2. The molecule has 1 atom stereocenters. The molecule has 1 saturated carbocycles. The number of carboxylic acid groups (broad SMARTS) is 1. The van der Waals surface area contributed by atoms with Crippen molar-refractivity contribution >= 4 is 23.2 Å². The Kier molecular flexibility index (Phi) is 3.38. The number of carbonyl (C=O) groups is 2. The van der Waals surface area contributed by atoms with Crippen LogP contribution in [-0.2, 0) is 16.0 Å². The van der Waals surface area contributed by atoms with Gasteiger partial charge in [0.15, 0.2) is 0 Å². The number of nitrogens with zero attached hydrogens (tertiary/aromatic N) is 1. The van der Waals surface area contributed by atoms with Crippen molar-refractivity contribution in [2.24, 2.45) is 5.92 Å². The Bertz CT molecular complexity index is 481. The number of aryl methyl sites for hydroxylation is 1. The molecule has 2 rings (SSSR count). The molecule has 1 fully saturated rings. The monoisotopic (exact) mass is 268 g/mol. The molecule has 1 amide bonds. The average Bonchev–Trinajstić information content (AvgIpc) is 3.04. The second-order valence-corrected chi connectivity index (χ2v) is 5.93. The fourth-order valence-electron chi connectivity index (χ4n) is 1.98. The molecule has 1 aromatic rings. The maximum absolute atomic E-state index is 11.9. The summed E-state index contributed by atoms with van der Waals surface area (Å²) in [4.78, 5) is 27.3. The van der Waals surface area contributed by atoms with Crippen LogP contribution in [0.1, 0.15) is 30.5 Å². The van der Waals surface area contributed by atoms with Gasteiger partial charge in [0.1, 0.15) is 5.54 Å². The fourth-order valence-corrected chi connectivity index (χ4v) is 2.59. The molecule has 0 saturated heterocycles. The normalized spacial score (nSPS) is 18.1. The van der Waals surface area contributed by atoms with E-state index in [1.807, 2.05) is 12.3 Å². The van der Waals surface area contributed by atoms with Crippen LogP contribution in [0, 0.1) is 12.8 Å². The first-order valence-corrected chi connectivity index (χ1v) is 6.75. The van der Waals surface area contributed by atoms with Crippen molar-refractivity contribution in [3.05, 3.63) is 16.1 Å². The standard InChI is InChI=1S/C12H16N2O3S/c1-7-13-9(6-18-7)5-10(15)14-12(2,11(16)17)8-3-4-8/h6,8H,3-5H2,1-2H3,(H,14,15)(H,16,17). The lowest BCUT2D eigenvalue weighted by atomic mass is 9.95. The molecule has 5 nitrogen and oxygen atoms in total. The number of thiazole rings is 1. The minimum Gasteiger partial charge on any atom is -0.480 e. The van der Waals surface area contributed by atoms with Crippen LogP contribution in [0.2, 0.25) is 0 Å². The minimum atomic E-state index is -1.14. The van der Waals surface area contributed by atoms with Gasteiger partial charge in [0.05, 0.1) is 17.1 Å². The molecule has 0 bridgehead atoms. The van der Waals surface area contributed by atoms with E-state index in [2.05, 4.69) is 10.3 Å². The number of aliphatic carboxylic acids is 1. The average molecular weight is 268 g/mol. The van der Waals surface area contributed by atoms with Gasteiger partial charge in [-0.3, -0.25) is 4.79 Å². The van der Waals surface area contributed by atoms with Gasteiger partial charge in [-0.2, -0.15) is 0 Å². The smallest absolute Gasteiger partial charge is 0.329 e. The molecule has 1 unspecified atom stereocenters. The Morgan fingerprint density at radius 3 is 2.72 bits per heavy atom. The van der Waals surface area contributed by atoms with E-state index in [9.17, 15) is 14.7 Å². The Balaban J connectivity index is 1.99. The van der Waals surface area contributed by atoms with Gasteiger partial charge in [-0.15, -0.1) is 11.3 Å². The summed E-state index contributed by atoms with van der Waals surface area (Å²) in [6.07, 6.45) is 1.86. The van der Waals surface area contributed by atoms with Crippen LogP contribution in [0.25, 0.3) is 0 Å². The third kappa shape index (κ3) is 2.69. The second-order valence-electron chi connectivity index (χ2n) is 4.86. The maximum Gasteiger partial charge on any atom is 0.329 e. The van der Waals surface area contributed by atoms with Crippen LogP contribution in [0.4, 0.5) is 0 Å². The number of carboxylic acids is 1. The predicted octanol–water partition coefficient (Wildman–Crippen LogP) is 1.36. The third-order valence-corrected chi connectivity index (χ3v) is 4.07. The van der Waals surface area contributed by atoms with Gasteiger partial charge in [-0.25, -0.2) is 9.78 Å². The zero-order valence-electron chi connectivity index (χ0n) is 10.4. The highest BCUT2D eigenvalue weighted by molar-refractivity contribution is 7.09. The summed E-state index contributed by atoms with van der Waals surface area (Å²) in [5, 5.41) is 14.6. The Hall–Kier alpha value is -1.43. The number of rotatable bonds is 5. The highest BCUT2D eigenvalue weighted by Gasteiger charge is 2.48. The number of hydrogen-bond acceptors (Lipinski definition) is 4. The van der Waals surface area contributed by atoms with Crippen LogP contribution in [0.5, 0.6) is 0 Å².